The first-order valence-corrected chi connectivity index (χ1v) is 7.09. The number of rotatable bonds is 5. The van der Waals surface area contributed by atoms with Crippen molar-refractivity contribution in [3.05, 3.63) is 53.2 Å². The molecule has 0 aliphatic heterocycles. The summed E-state index contributed by atoms with van der Waals surface area (Å²) in [5.41, 5.74) is 4.82. The maximum Gasteiger partial charge on any atom is 0.133 e. The number of pyridine rings is 1. The first-order chi connectivity index (χ1) is 9.63. The first-order valence-electron chi connectivity index (χ1n) is 7.09. The molecule has 0 unspecified atom stereocenters. The lowest BCUT2D eigenvalue weighted by Gasteiger charge is -2.20. The van der Waals surface area contributed by atoms with Crippen LogP contribution in [0.5, 0.6) is 0 Å². The van der Waals surface area contributed by atoms with Crippen LogP contribution < -0.4 is 10.2 Å². The topological polar surface area (TPSA) is 28.2 Å². The van der Waals surface area contributed by atoms with E-state index in [2.05, 4.69) is 65.6 Å². The summed E-state index contributed by atoms with van der Waals surface area (Å²) in [7, 11) is 4.02. The molecule has 1 N–H and O–H groups in total. The quantitative estimate of drug-likeness (QED) is 0.901. The van der Waals surface area contributed by atoms with E-state index >= 15 is 0 Å². The molecule has 2 aromatic rings. The van der Waals surface area contributed by atoms with Gasteiger partial charge in [-0.15, -0.1) is 0 Å². The predicted octanol–water partition coefficient (Wildman–Crippen LogP) is 3.44. The second-order valence-corrected chi connectivity index (χ2v) is 5.08. The molecule has 1 aromatic heterocycles. The van der Waals surface area contributed by atoms with Gasteiger partial charge in [0.1, 0.15) is 5.82 Å². The molecule has 0 saturated carbocycles. The van der Waals surface area contributed by atoms with Gasteiger partial charge in [-0.25, -0.2) is 4.98 Å². The van der Waals surface area contributed by atoms with Crippen molar-refractivity contribution in [3.8, 4) is 0 Å². The number of hydrogen-bond acceptors (Lipinski definition) is 3. The molecule has 0 fully saturated rings. The van der Waals surface area contributed by atoms with Crippen molar-refractivity contribution in [1.29, 1.82) is 0 Å². The molecular formula is C17H23N3. The van der Waals surface area contributed by atoms with Crippen LogP contribution in [0.4, 0.5) is 11.5 Å². The van der Waals surface area contributed by atoms with Crippen LogP contribution in [0.1, 0.15) is 23.7 Å². The normalized spacial score (nSPS) is 10.6. The lowest BCUT2D eigenvalue weighted by atomic mass is 10.1. The molecular weight excluding hydrogens is 246 g/mol. The van der Waals surface area contributed by atoms with Crippen LogP contribution in [-0.2, 0) is 13.0 Å². The van der Waals surface area contributed by atoms with Crippen molar-refractivity contribution in [3.63, 3.8) is 0 Å². The van der Waals surface area contributed by atoms with Crippen molar-refractivity contribution < 1.29 is 0 Å². The molecule has 2 rings (SSSR count). The Morgan fingerprint density at radius 2 is 1.80 bits per heavy atom. The predicted molar refractivity (Wildman–Crippen MR) is 85.6 cm³/mol. The molecule has 0 aliphatic carbocycles. The van der Waals surface area contributed by atoms with Crippen molar-refractivity contribution >= 4 is 11.5 Å². The zero-order valence-electron chi connectivity index (χ0n) is 12.8. The fourth-order valence-corrected chi connectivity index (χ4v) is 2.29. The maximum absolute atomic E-state index is 4.63. The SMILES string of the molecule is CCc1ccc(N(C)c2cc(CNC)cc(C)n2)cc1. The first kappa shape index (κ1) is 14.5. The summed E-state index contributed by atoms with van der Waals surface area (Å²) in [5, 5.41) is 3.19. The van der Waals surface area contributed by atoms with Crippen molar-refractivity contribution in [2.24, 2.45) is 0 Å². The van der Waals surface area contributed by atoms with Crippen LogP contribution in [0.25, 0.3) is 0 Å². The highest BCUT2D eigenvalue weighted by Gasteiger charge is 2.07. The van der Waals surface area contributed by atoms with E-state index in [1.807, 2.05) is 14.0 Å². The highest BCUT2D eigenvalue weighted by atomic mass is 15.2. The van der Waals surface area contributed by atoms with Gasteiger partial charge < -0.3 is 10.2 Å². The second-order valence-electron chi connectivity index (χ2n) is 5.08. The fourth-order valence-electron chi connectivity index (χ4n) is 2.29. The maximum atomic E-state index is 4.63. The van der Waals surface area contributed by atoms with Gasteiger partial charge in [0.15, 0.2) is 0 Å². The summed E-state index contributed by atoms with van der Waals surface area (Å²) in [6, 6.07) is 12.9. The van der Waals surface area contributed by atoms with Gasteiger partial charge in [-0.2, -0.15) is 0 Å². The number of anilines is 2. The molecule has 0 radical (unpaired) electrons. The van der Waals surface area contributed by atoms with E-state index in [1.54, 1.807) is 0 Å². The van der Waals surface area contributed by atoms with Gasteiger partial charge in [0.05, 0.1) is 0 Å². The third kappa shape index (κ3) is 3.36. The standard InChI is InChI=1S/C17H23N3/c1-5-14-6-8-16(9-7-14)20(4)17-11-15(12-18-3)10-13(2)19-17/h6-11,18H,5,12H2,1-4H3. The summed E-state index contributed by atoms with van der Waals surface area (Å²) in [5.74, 6) is 0.986. The lowest BCUT2D eigenvalue weighted by molar-refractivity contribution is 0.813. The van der Waals surface area contributed by atoms with Crippen LogP contribution >= 0.6 is 0 Å². The molecule has 1 heterocycles. The van der Waals surface area contributed by atoms with E-state index in [1.165, 1.54) is 11.1 Å². The number of aryl methyl sites for hydroxylation is 2. The molecule has 0 atom stereocenters. The fraction of sp³-hybridized carbons (Fsp3) is 0.353. The third-order valence-corrected chi connectivity index (χ3v) is 3.46. The van der Waals surface area contributed by atoms with Crippen LogP contribution in [0.3, 0.4) is 0 Å². The molecule has 20 heavy (non-hydrogen) atoms. The van der Waals surface area contributed by atoms with Gasteiger partial charge >= 0.3 is 0 Å². The Morgan fingerprint density at radius 1 is 1.10 bits per heavy atom. The Morgan fingerprint density at radius 3 is 2.40 bits per heavy atom. The van der Waals surface area contributed by atoms with Gasteiger partial charge in [0.2, 0.25) is 0 Å². The summed E-state index contributed by atoms with van der Waals surface area (Å²) in [6.07, 6.45) is 1.07. The van der Waals surface area contributed by atoms with Crippen LogP contribution in [0.15, 0.2) is 36.4 Å². The van der Waals surface area contributed by atoms with Crippen molar-refractivity contribution in [2.45, 2.75) is 26.8 Å². The molecule has 0 bridgehead atoms. The Bertz CT molecular complexity index is 561. The van der Waals surface area contributed by atoms with Gasteiger partial charge in [-0.1, -0.05) is 19.1 Å². The van der Waals surface area contributed by atoms with Crippen molar-refractivity contribution in [2.75, 3.05) is 19.0 Å². The molecule has 0 aliphatic rings. The summed E-state index contributed by atoms with van der Waals surface area (Å²) < 4.78 is 0. The molecule has 106 valence electrons. The smallest absolute Gasteiger partial charge is 0.133 e. The number of hydrogen-bond donors (Lipinski definition) is 1. The third-order valence-electron chi connectivity index (χ3n) is 3.46. The number of aromatic nitrogens is 1. The van der Waals surface area contributed by atoms with E-state index in [4.69, 9.17) is 0 Å². The van der Waals surface area contributed by atoms with Gasteiger partial charge in [0.25, 0.3) is 0 Å². The van der Waals surface area contributed by atoms with E-state index in [-0.39, 0.29) is 0 Å². The summed E-state index contributed by atoms with van der Waals surface area (Å²) in [6.45, 7) is 5.07. The zero-order valence-corrected chi connectivity index (χ0v) is 12.8. The minimum Gasteiger partial charge on any atom is -0.329 e. The van der Waals surface area contributed by atoms with Gasteiger partial charge in [-0.05, 0) is 55.8 Å². The molecule has 3 nitrogen and oxygen atoms in total. The van der Waals surface area contributed by atoms with Crippen LogP contribution in [-0.4, -0.2) is 19.1 Å². The molecule has 0 spiro atoms. The Labute approximate surface area is 121 Å². The Hall–Kier alpha value is -1.87. The highest BCUT2D eigenvalue weighted by molar-refractivity contribution is 5.60. The van der Waals surface area contributed by atoms with Gasteiger partial charge in [-0.3, -0.25) is 0 Å². The second kappa shape index (κ2) is 6.53. The van der Waals surface area contributed by atoms with E-state index in [0.29, 0.717) is 0 Å². The largest absolute Gasteiger partial charge is 0.329 e. The molecule has 3 heteroatoms. The number of nitrogens with zero attached hydrogens (tertiary/aromatic N) is 2. The Kier molecular flexibility index (Phi) is 4.74. The van der Waals surface area contributed by atoms with E-state index < -0.39 is 0 Å². The van der Waals surface area contributed by atoms with Gasteiger partial charge in [0, 0.05) is 25.0 Å². The number of nitrogens with one attached hydrogen (secondary N) is 1. The molecule has 1 aromatic carbocycles. The number of benzene rings is 1. The molecule has 0 amide bonds. The monoisotopic (exact) mass is 269 g/mol. The van der Waals surface area contributed by atoms with Crippen molar-refractivity contribution in [1.82, 2.24) is 10.3 Å². The average molecular weight is 269 g/mol. The lowest BCUT2D eigenvalue weighted by Crippen LogP contribution is -2.13. The molecule has 0 saturated heterocycles. The Balaban J connectivity index is 2.29. The minimum atomic E-state index is 0.860. The van der Waals surface area contributed by atoms with Crippen LogP contribution in [0.2, 0.25) is 0 Å². The zero-order chi connectivity index (χ0) is 14.5. The van der Waals surface area contributed by atoms with Crippen LogP contribution in [0, 0.1) is 6.92 Å². The highest BCUT2D eigenvalue weighted by Crippen LogP contribution is 2.23. The summed E-state index contributed by atoms with van der Waals surface area (Å²) in [4.78, 5) is 6.76. The average Bonchev–Trinajstić information content (AvgIpc) is 2.46. The summed E-state index contributed by atoms with van der Waals surface area (Å²) >= 11 is 0. The van der Waals surface area contributed by atoms with E-state index in [0.717, 1.165) is 30.2 Å². The minimum absolute atomic E-state index is 0.860. The van der Waals surface area contributed by atoms with E-state index in [9.17, 15) is 0 Å².